The third kappa shape index (κ3) is 2.65. The highest BCUT2D eigenvalue weighted by molar-refractivity contribution is 9.10. The smallest absolute Gasteiger partial charge is 0.260 e. The average Bonchev–Trinajstić information content (AvgIpc) is 2.30. The number of aromatic nitrogens is 2. The SMILES string of the molecule is O=C(Nc1cccnn1)c1c(F)cccc1Br. The molecule has 0 atom stereocenters. The van der Waals surface area contributed by atoms with Crippen molar-refractivity contribution in [3.63, 3.8) is 0 Å². The van der Waals surface area contributed by atoms with Gasteiger partial charge in [0.2, 0.25) is 0 Å². The Hall–Kier alpha value is -1.82. The van der Waals surface area contributed by atoms with Gasteiger partial charge < -0.3 is 5.32 Å². The third-order valence-corrected chi connectivity index (χ3v) is 2.66. The molecule has 4 nitrogen and oxygen atoms in total. The molecular weight excluding hydrogens is 289 g/mol. The number of benzene rings is 1. The van der Waals surface area contributed by atoms with Crippen LogP contribution in [0.15, 0.2) is 41.0 Å². The minimum atomic E-state index is -0.597. The molecule has 0 bridgehead atoms. The summed E-state index contributed by atoms with van der Waals surface area (Å²) in [6, 6.07) is 7.52. The van der Waals surface area contributed by atoms with Gasteiger partial charge in [-0.2, -0.15) is 5.10 Å². The van der Waals surface area contributed by atoms with E-state index in [4.69, 9.17) is 0 Å². The number of hydrogen-bond acceptors (Lipinski definition) is 3. The Morgan fingerprint density at radius 3 is 2.76 bits per heavy atom. The summed E-state index contributed by atoms with van der Waals surface area (Å²) in [4.78, 5) is 11.8. The van der Waals surface area contributed by atoms with Crippen molar-refractivity contribution in [2.75, 3.05) is 5.32 Å². The minimum Gasteiger partial charge on any atom is -0.305 e. The molecule has 0 spiro atoms. The van der Waals surface area contributed by atoms with Gasteiger partial charge >= 0.3 is 0 Å². The first-order valence-corrected chi connectivity index (χ1v) is 5.51. The maximum atomic E-state index is 13.5. The topological polar surface area (TPSA) is 54.9 Å². The molecule has 6 heteroatoms. The normalized spacial score (nSPS) is 10.0. The number of rotatable bonds is 2. The Labute approximate surface area is 105 Å². The summed E-state index contributed by atoms with van der Waals surface area (Å²) in [7, 11) is 0. The highest BCUT2D eigenvalue weighted by atomic mass is 79.9. The number of halogens is 2. The number of amides is 1. The van der Waals surface area contributed by atoms with Gasteiger partial charge in [0.25, 0.3) is 5.91 Å². The molecule has 0 saturated carbocycles. The zero-order chi connectivity index (χ0) is 12.3. The highest BCUT2D eigenvalue weighted by Gasteiger charge is 2.15. The van der Waals surface area contributed by atoms with E-state index in [9.17, 15) is 9.18 Å². The molecule has 0 radical (unpaired) electrons. The van der Waals surface area contributed by atoms with Gasteiger partial charge in [0.15, 0.2) is 5.82 Å². The van der Waals surface area contributed by atoms with Crippen LogP contribution in [-0.4, -0.2) is 16.1 Å². The molecule has 86 valence electrons. The average molecular weight is 296 g/mol. The molecule has 0 unspecified atom stereocenters. The third-order valence-electron chi connectivity index (χ3n) is 2.00. The van der Waals surface area contributed by atoms with E-state index in [1.165, 1.54) is 18.3 Å². The lowest BCUT2D eigenvalue weighted by molar-refractivity contribution is 0.102. The van der Waals surface area contributed by atoms with Crippen LogP contribution >= 0.6 is 15.9 Å². The van der Waals surface area contributed by atoms with E-state index >= 15 is 0 Å². The van der Waals surface area contributed by atoms with Gasteiger partial charge in [-0.25, -0.2) is 4.39 Å². The fraction of sp³-hybridized carbons (Fsp3) is 0. The maximum absolute atomic E-state index is 13.5. The summed E-state index contributed by atoms with van der Waals surface area (Å²) in [5, 5.41) is 9.75. The Kier molecular flexibility index (Phi) is 3.43. The molecule has 0 aliphatic carbocycles. The Morgan fingerprint density at radius 1 is 1.29 bits per heavy atom. The minimum absolute atomic E-state index is 0.0573. The molecule has 17 heavy (non-hydrogen) atoms. The fourth-order valence-corrected chi connectivity index (χ4v) is 1.78. The molecular formula is C11H7BrFN3O. The largest absolute Gasteiger partial charge is 0.305 e. The molecule has 0 aliphatic rings. The predicted molar refractivity (Wildman–Crippen MR) is 64.1 cm³/mol. The Balaban J connectivity index is 2.27. The van der Waals surface area contributed by atoms with Crippen LogP contribution in [0.3, 0.4) is 0 Å². The van der Waals surface area contributed by atoms with Crippen molar-refractivity contribution in [2.24, 2.45) is 0 Å². The molecule has 2 aromatic rings. The van der Waals surface area contributed by atoms with Crippen LogP contribution in [-0.2, 0) is 0 Å². The van der Waals surface area contributed by atoms with Crippen molar-refractivity contribution in [3.05, 3.63) is 52.4 Å². The van der Waals surface area contributed by atoms with E-state index in [0.29, 0.717) is 4.47 Å². The van der Waals surface area contributed by atoms with Crippen molar-refractivity contribution >= 4 is 27.7 Å². The first-order chi connectivity index (χ1) is 8.18. The van der Waals surface area contributed by atoms with Crippen LogP contribution < -0.4 is 5.32 Å². The van der Waals surface area contributed by atoms with Crippen LogP contribution in [0.5, 0.6) is 0 Å². The Bertz CT molecular complexity index is 527. The van der Waals surface area contributed by atoms with Gasteiger partial charge in [-0.05, 0) is 40.2 Å². The summed E-state index contributed by atoms with van der Waals surface area (Å²) in [5.41, 5.74) is -0.0573. The van der Waals surface area contributed by atoms with Crippen LogP contribution in [0.1, 0.15) is 10.4 Å². The first kappa shape index (κ1) is 11.7. The van der Waals surface area contributed by atoms with Gasteiger partial charge in [-0.15, -0.1) is 5.10 Å². The molecule has 1 heterocycles. The number of carbonyl (C=O) groups is 1. The first-order valence-electron chi connectivity index (χ1n) is 4.71. The zero-order valence-corrected chi connectivity index (χ0v) is 10.1. The lowest BCUT2D eigenvalue weighted by Gasteiger charge is -2.06. The lowest BCUT2D eigenvalue weighted by atomic mass is 10.2. The molecule has 0 saturated heterocycles. The van der Waals surface area contributed by atoms with Crippen molar-refractivity contribution < 1.29 is 9.18 Å². The van der Waals surface area contributed by atoms with Gasteiger partial charge in [0.1, 0.15) is 5.82 Å². The van der Waals surface area contributed by atoms with Crippen molar-refractivity contribution in [1.29, 1.82) is 0 Å². The van der Waals surface area contributed by atoms with E-state index in [0.717, 1.165) is 0 Å². The van der Waals surface area contributed by atoms with E-state index < -0.39 is 11.7 Å². The van der Waals surface area contributed by atoms with E-state index in [1.807, 2.05) is 0 Å². The lowest BCUT2D eigenvalue weighted by Crippen LogP contribution is -2.15. The molecule has 1 aromatic heterocycles. The molecule has 1 amide bonds. The van der Waals surface area contributed by atoms with E-state index in [-0.39, 0.29) is 11.4 Å². The number of nitrogens with one attached hydrogen (secondary N) is 1. The number of anilines is 1. The summed E-state index contributed by atoms with van der Waals surface area (Å²) in [6.45, 7) is 0. The van der Waals surface area contributed by atoms with Gasteiger partial charge in [0, 0.05) is 10.7 Å². The van der Waals surface area contributed by atoms with Gasteiger partial charge in [-0.1, -0.05) is 6.07 Å². The quantitative estimate of drug-likeness (QED) is 0.927. The van der Waals surface area contributed by atoms with Crippen molar-refractivity contribution in [1.82, 2.24) is 10.2 Å². The summed E-state index contributed by atoms with van der Waals surface area (Å²) >= 11 is 3.12. The van der Waals surface area contributed by atoms with Crippen molar-refractivity contribution in [2.45, 2.75) is 0 Å². The molecule has 1 aromatic carbocycles. The molecule has 0 fully saturated rings. The van der Waals surface area contributed by atoms with Crippen LogP contribution in [0, 0.1) is 5.82 Å². The van der Waals surface area contributed by atoms with Crippen LogP contribution in [0.25, 0.3) is 0 Å². The maximum Gasteiger partial charge on any atom is 0.260 e. The Morgan fingerprint density at radius 2 is 2.12 bits per heavy atom. The molecule has 1 N–H and O–H groups in total. The van der Waals surface area contributed by atoms with Crippen LogP contribution in [0.2, 0.25) is 0 Å². The summed E-state index contributed by atoms with van der Waals surface area (Å²) in [5.74, 6) is -0.899. The predicted octanol–water partition coefficient (Wildman–Crippen LogP) is 2.63. The summed E-state index contributed by atoms with van der Waals surface area (Å²) < 4.78 is 13.9. The number of hydrogen-bond donors (Lipinski definition) is 1. The van der Waals surface area contributed by atoms with Gasteiger partial charge in [0.05, 0.1) is 5.56 Å². The highest BCUT2D eigenvalue weighted by Crippen LogP contribution is 2.20. The molecule has 0 aliphatic heterocycles. The summed E-state index contributed by atoms with van der Waals surface area (Å²) in [6.07, 6.45) is 1.48. The molecule has 2 rings (SSSR count). The zero-order valence-electron chi connectivity index (χ0n) is 8.52. The van der Waals surface area contributed by atoms with Gasteiger partial charge in [-0.3, -0.25) is 4.79 Å². The van der Waals surface area contributed by atoms with Crippen molar-refractivity contribution in [3.8, 4) is 0 Å². The fourth-order valence-electron chi connectivity index (χ4n) is 1.26. The van der Waals surface area contributed by atoms with Crippen LogP contribution in [0.4, 0.5) is 10.2 Å². The van der Waals surface area contributed by atoms with E-state index in [1.54, 1.807) is 18.2 Å². The second-order valence-corrected chi connectivity index (χ2v) is 4.01. The monoisotopic (exact) mass is 295 g/mol. The standard InChI is InChI=1S/C11H7BrFN3O/c12-7-3-1-4-8(13)10(7)11(17)15-9-5-2-6-14-16-9/h1-6H,(H,15,16,17). The number of nitrogens with zero attached hydrogens (tertiary/aromatic N) is 2. The van der Waals surface area contributed by atoms with E-state index in [2.05, 4.69) is 31.4 Å². The number of carbonyl (C=O) groups excluding carboxylic acids is 1. The second-order valence-electron chi connectivity index (χ2n) is 3.16. The second kappa shape index (κ2) is 5.01.